The summed E-state index contributed by atoms with van der Waals surface area (Å²) >= 11 is 0. The lowest BCUT2D eigenvalue weighted by molar-refractivity contribution is 0.135. The molecule has 1 N–H and O–H groups in total. The molecule has 2 fully saturated rings. The van der Waals surface area contributed by atoms with Crippen molar-refractivity contribution in [2.24, 2.45) is 5.92 Å². The Kier molecular flexibility index (Phi) is 3.35. The van der Waals surface area contributed by atoms with Gasteiger partial charge in [0.15, 0.2) is 0 Å². The van der Waals surface area contributed by atoms with E-state index in [1.807, 2.05) is 13.0 Å². The number of aryl methyl sites for hydroxylation is 1. The van der Waals surface area contributed by atoms with Crippen molar-refractivity contribution in [2.75, 3.05) is 19.6 Å². The number of nitrogens with one attached hydrogen (secondary N) is 1. The van der Waals surface area contributed by atoms with Crippen LogP contribution in [-0.2, 0) is 6.54 Å². The number of hydrogen-bond donors (Lipinski definition) is 1. The lowest BCUT2D eigenvalue weighted by atomic mass is 10.0. The predicted octanol–water partition coefficient (Wildman–Crippen LogP) is 2.32. The molecule has 18 heavy (non-hydrogen) atoms. The van der Waals surface area contributed by atoms with Crippen LogP contribution >= 0.6 is 0 Å². The Labute approximate surface area is 108 Å². The third-order valence-corrected chi connectivity index (χ3v) is 4.24. The molecule has 0 radical (unpaired) electrons. The summed E-state index contributed by atoms with van der Waals surface area (Å²) in [6.07, 6.45) is 2.76. The molecule has 0 amide bonds. The van der Waals surface area contributed by atoms with Gasteiger partial charge in [-0.05, 0) is 48.9 Å². The summed E-state index contributed by atoms with van der Waals surface area (Å²) in [6, 6.07) is 5.85. The second-order valence-electron chi connectivity index (χ2n) is 5.65. The fraction of sp³-hybridized carbons (Fsp3) is 0.600. The van der Waals surface area contributed by atoms with Crippen LogP contribution in [0.5, 0.6) is 0 Å². The first kappa shape index (κ1) is 12.1. The fourth-order valence-electron chi connectivity index (χ4n) is 2.97. The Morgan fingerprint density at radius 1 is 1.39 bits per heavy atom. The topological polar surface area (TPSA) is 15.3 Å². The quantitative estimate of drug-likeness (QED) is 0.883. The van der Waals surface area contributed by atoms with E-state index in [4.69, 9.17) is 0 Å². The van der Waals surface area contributed by atoms with Crippen molar-refractivity contribution in [3.63, 3.8) is 0 Å². The molecule has 1 unspecified atom stereocenters. The Morgan fingerprint density at radius 3 is 2.94 bits per heavy atom. The molecule has 0 bridgehead atoms. The van der Waals surface area contributed by atoms with E-state index in [9.17, 15) is 4.39 Å². The number of rotatable bonds is 3. The molecule has 1 saturated heterocycles. The van der Waals surface area contributed by atoms with Gasteiger partial charge in [-0.3, -0.25) is 4.90 Å². The number of benzene rings is 1. The second-order valence-corrected chi connectivity index (χ2v) is 5.65. The molecule has 1 saturated carbocycles. The summed E-state index contributed by atoms with van der Waals surface area (Å²) in [4.78, 5) is 2.58. The van der Waals surface area contributed by atoms with E-state index in [2.05, 4.69) is 10.2 Å². The van der Waals surface area contributed by atoms with Crippen LogP contribution in [-0.4, -0.2) is 30.6 Å². The van der Waals surface area contributed by atoms with Gasteiger partial charge in [-0.15, -0.1) is 0 Å². The molecular formula is C15H21FN2. The molecule has 98 valence electrons. The molecule has 3 heteroatoms. The van der Waals surface area contributed by atoms with Crippen molar-refractivity contribution in [2.45, 2.75) is 32.4 Å². The van der Waals surface area contributed by atoms with Gasteiger partial charge in [0.05, 0.1) is 0 Å². The minimum Gasteiger partial charge on any atom is -0.314 e. The zero-order valence-electron chi connectivity index (χ0n) is 11.0. The van der Waals surface area contributed by atoms with E-state index in [-0.39, 0.29) is 5.82 Å². The third-order valence-electron chi connectivity index (χ3n) is 4.24. The van der Waals surface area contributed by atoms with Crippen molar-refractivity contribution < 1.29 is 4.39 Å². The van der Waals surface area contributed by atoms with Gasteiger partial charge in [0.1, 0.15) is 5.82 Å². The van der Waals surface area contributed by atoms with Crippen LogP contribution in [0.25, 0.3) is 0 Å². The zero-order valence-corrected chi connectivity index (χ0v) is 11.0. The standard InChI is InChI=1S/C15H21FN2/c1-11-8-14(16)5-4-13(11)10-18-7-6-17-9-15(18)12-2-3-12/h4-5,8,12,15,17H,2-3,6-7,9-10H2,1H3. The SMILES string of the molecule is Cc1cc(F)ccc1CN1CCNCC1C1CC1. The average Bonchev–Trinajstić information content (AvgIpc) is 3.17. The molecule has 1 atom stereocenters. The lowest BCUT2D eigenvalue weighted by Gasteiger charge is -2.36. The molecule has 1 heterocycles. The molecule has 3 rings (SSSR count). The van der Waals surface area contributed by atoms with E-state index in [1.165, 1.54) is 18.4 Å². The smallest absolute Gasteiger partial charge is 0.123 e. The molecular weight excluding hydrogens is 227 g/mol. The highest BCUT2D eigenvalue weighted by molar-refractivity contribution is 5.26. The highest BCUT2D eigenvalue weighted by Gasteiger charge is 2.36. The first-order valence-corrected chi connectivity index (χ1v) is 6.94. The predicted molar refractivity (Wildman–Crippen MR) is 70.9 cm³/mol. The lowest BCUT2D eigenvalue weighted by Crippen LogP contribution is -2.51. The maximum atomic E-state index is 13.1. The third kappa shape index (κ3) is 2.57. The van der Waals surface area contributed by atoms with Crippen LogP contribution < -0.4 is 5.32 Å². The van der Waals surface area contributed by atoms with Gasteiger partial charge < -0.3 is 5.32 Å². The largest absolute Gasteiger partial charge is 0.314 e. The molecule has 1 aromatic rings. The van der Waals surface area contributed by atoms with Gasteiger partial charge in [-0.1, -0.05) is 6.07 Å². The average molecular weight is 248 g/mol. The summed E-state index contributed by atoms with van der Waals surface area (Å²) in [5.74, 6) is 0.758. The molecule has 1 aromatic carbocycles. The van der Waals surface area contributed by atoms with Gasteiger partial charge in [0, 0.05) is 32.2 Å². The molecule has 2 aliphatic rings. The number of piperazine rings is 1. The highest BCUT2D eigenvalue weighted by atomic mass is 19.1. The van der Waals surface area contributed by atoms with Crippen LogP contribution in [0.4, 0.5) is 4.39 Å². The molecule has 0 aromatic heterocycles. The highest BCUT2D eigenvalue weighted by Crippen LogP contribution is 2.36. The zero-order chi connectivity index (χ0) is 12.5. The van der Waals surface area contributed by atoms with Crippen LogP contribution in [0.15, 0.2) is 18.2 Å². The van der Waals surface area contributed by atoms with Crippen LogP contribution in [0, 0.1) is 18.7 Å². The molecule has 0 spiro atoms. The minimum absolute atomic E-state index is 0.129. The van der Waals surface area contributed by atoms with Crippen molar-refractivity contribution in [3.05, 3.63) is 35.1 Å². The van der Waals surface area contributed by atoms with Gasteiger partial charge in [-0.25, -0.2) is 4.39 Å². The first-order chi connectivity index (χ1) is 8.74. The number of nitrogens with zero attached hydrogens (tertiary/aromatic N) is 1. The van der Waals surface area contributed by atoms with Crippen LogP contribution in [0.2, 0.25) is 0 Å². The van der Waals surface area contributed by atoms with Gasteiger partial charge in [0.25, 0.3) is 0 Å². The van der Waals surface area contributed by atoms with Crippen molar-refractivity contribution in [3.8, 4) is 0 Å². The molecule has 2 nitrogen and oxygen atoms in total. The van der Waals surface area contributed by atoms with Crippen molar-refractivity contribution in [1.82, 2.24) is 10.2 Å². The summed E-state index contributed by atoms with van der Waals surface area (Å²) < 4.78 is 13.1. The second kappa shape index (κ2) is 4.98. The number of hydrogen-bond acceptors (Lipinski definition) is 2. The summed E-state index contributed by atoms with van der Waals surface area (Å²) in [5, 5.41) is 3.49. The monoisotopic (exact) mass is 248 g/mol. The van der Waals surface area contributed by atoms with E-state index >= 15 is 0 Å². The van der Waals surface area contributed by atoms with Crippen molar-refractivity contribution >= 4 is 0 Å². The van der Waals surface area contributed by atoms with E-state index in [0.717, 1.165) is 37.7 Å². The van der Waals surface area contributed by atoms with E-state index in [0.29, 0.717) is 6.04 Å². The van der Waals surface area contributed by atoms with E-state index < -0.39 is 0 Å². The van der Waals surface area contributed by atoms with Gasteiger partial charge in [0.2, 0.25) is 0 Å². The maximum absolute atomic E-state index is 13.1. The maximum Gasteiger partial charge on any atom is 0.123 e. The minimum atomic E-state index is -0.129. The molecule has 1 aliphatic carbocycles. The normalized spacial score (nSPS) is 25.3. The van der Waals surface area contributed by atoms with E-state index in [1.54, 1.807) is 12.1 Å². The first-order valence-electron chi connectivity index (χ1n) is 6.94. The summed E-state index contributed by atoms with van der Waals surface area (Å²) in [6.45, 7) is 6.27. The molecule has 1 aliphatic heterocycles. The van der Waals surface area contributed by atoms with Gasteiger partial charge in [-0.2, -0.15) is 0 Å². The van der Waals surface area contributed by atoms with Crippen LogP contribution in [0.1, 0.15) is 24.0 Å². The Balaban J connectivity index is 1.73. The van der Waals surface area contributed by atoms with Gasteiger partial charge >= 0.3 is 0 Å². The number of halogens is 1. The summed E-state index contributed by atoms with van der Waals surface area (Å²) in [5.41, 5.74) is 2.34. The Hall–Kier alpha value is -0.930. The Bertz CT molecular complexity index is 429. The van der Waals surface area contributed by atoms with Crippen molar-refractivity contribution in [1.29, 1.82) is 0 Å². The summed E-state index contributed by atoms with van der Waals surface area (Å²) in [7, 11) is 0. The fourth-order valence-corrected chi connectivity index (χ4v) is 2.97. The Morgan fingerprint density at radius 2 is 2.22 bits per heavy atom. The van der Waals surface area contributed by atoms with Crippen LogP contribution in [0.3, 0.4) is 0 Å².